The Labute approximate surface area is 232 Å². The van der Waals surface area contributed by atoms with Gasteiger partial charge in [0.2, 0.25) is 17.7 Å². The standard InChI is InChI=1S/C15H26N6O3.C13H12.C2H6/c1-9(21(18)8-11(16)10-4-5-10)15(24)20-6-2-3-12(20)14(23)19-7-13(17)22;1-11-7-9-13(10-8-11)12-5-3-2-4-6-12;1-2/h8-10,12H,2-7,16,18H2,1H3,(H2,17,22)(H,19,23);2-10H,1H3;1-2H3/b11-8-;;. The van der Waals surface area contributed by atoms with E-state index in [0.29, 0.717) is 24.6 Å². The number of aryl methyl sites for hydroxylation is 1. The zero-order valence-corrected chi connectivity index (χ0v) is 23.6. The molecule has 3 amide bonds. The van der Waals surface area contributed by atoms with Crippen molar-refractivity contribution in [2.24, 2.45) is 23.2 Å². The minimum absolute atomic E-state index is 0.239. The van der Waals surface area contributed by atoms with Gasteiger partial charge in [-0.05, 0) is 50.7 Å². The fourth-order valence-corrected chi connectivity index (χ4v) is 4.15. The van der Waals surface area contributed by atoms with Gasteiger partial charge in [-0.3, -0.25) is 14.4 Å². The number of nitrogens with one attached hydrogen (secondary N) is 1. The van der Waals surface area contributed by atoms with Crippen LogP contribution in [0.5, 0.6) is 0 Å². The van der Waals surface area contributed by atoms with Gasteiger partial charge in [0.05, 0.1) is 6.54 Å². The normalized spacial score (nSPS) is 17.1. The molecule has 9 heteroatoms. The molecule has 2 aliphatic rings. The Balaban J connectivity index is 0.000000298. The maximum atomic E-state index is 12.7. The van der Waals surface area contributed by atoms with Crippen molar-refractivity contribution in [3.05, 3.63) is 72.1 Å². The van der Waals surface area contributed by atoms with Crippen molar-refractivity contribution in [2.45, 2.75) is 65.5 Å². The van der Waals surface area contributed by atoms with E-state index in [-0.39, 0.29) is 18.4 Å². The molecule has 39 heavy (non-hydrogen) atoms. The molecule has 0 bridgehead atoms. The molecule has 9 nitrogen and oxygen atoms in total. The Hall–Kier alpha value is -3.85. The number of allylic oxidation sites excluding steroid dienone is 1. The number of hydrogen-bond acceptors (Lipinski definition) is 6. The molecule has 1 saturated heterocycles. The van der Waals surface area contributed by atoms with E-state index in [2.05, 4.69) is 60.8 Å². The number of hydrazine groups is 1. The number of nitrogens with zero attached hydrogens (tertiary/aromatic N) is 2. The molecular formula is C30H44N6O3. The van der Waals surface area contributed by atoms with Crippen LogP contribution in [0.15, 0.2) is 66.5 Å². The molecule has 1 aliphatic heterocycles. The zero-order chi connectivity index (χ0) is 28.9. The van der Waals surface area contributed by atoms with Crippen molar-refractivity contribution in [2.75, 3.05) is 13.1 Å². The van der Waals surface area contributed by atoms with Crippen molar-refractivity contribution >= 4 is 17.7 Å². The molecule has 4 rings (SSSR count). The molecule has 1 saturated carbocycles. The lowest BCUT2D eigenvalue weighted by Gasteiger charge is -2.30. The summed E-state index contributed by atoms with van der Waals surface area (Å²) in [5, 5.41) is 3.75. The van der Waals surface area contributed by atoms with Gasteiger partial charge in [0.1, 0.15) is 12.1 Å². The number of likely N-dealkylation sites (tertiary alicyclic amines) is 1. The van der Waals surface area contributed by atoms with Crippen LogP contribution in [-0.2, 0) is 14.4 Å². The van der Waals surface area contributed by atoms with Crippen molar-refractivity contribution < 1.29 is 14.4 Å². The fourth-order valence-electron chi connectivity index (χ4n) is 4.15. The van der Waals surface area contributed by atoms with Crippen LogP contribution >= 0.6 is 0 Å². The SMILES string of the molecule is CC.CC(C(=O)N1CCCC1C(=O)NCC(N)=O)N(N)/C=C(\N)C1CC1.Cc1ccc(-c2ccccc2)cc1. The zero-order valence-electron chi connectivity index (χ0n) is 23.6. The Bertz CT molecular complexity index is 1100. The summed E-state index contributed by atoms with van der Waals surface area (Å²) in [7, 11) is 0. The predicted octanol–water partition coefficient (Wildman–Crippen LogP) is 3.04. The molecule has 1 aliphatic carbocycles. The van der Waals surface area contributed by atoms with Crippen LogP contribution in [0.2, 0.25) is 0 Å². The lowest BCUT2D eigenvalue weighted by atomic mass is 10.0. The average Bonchev–Trinajstić information content (AvgIpc) is 3.69. The number of nitrogens with two attached hydrogens (primary N) is 3. The topological polar surface area (TPSA) is 148 Å². The first-order chi connectivity index (χ1) is 18.7. The Morgan fingerprint density at radius 3 is 2.15 bits per heavy atom. The van der Waals surface area contributed by atoms with Crippen LogP contribution in [0.3, 0.4) is 0 Å². The lowest BCUT2D eigenvalue weighted by molar-refractivity contribution is -0.141. The predicted molar refractivity (Wildman–Crippen MR) is 155 cm³/mol. The lowest BCUT2D eigenvalue weighted by Crippen LogP contribution is -2.53. The number of rotatable bonds is 8. The first kappa shape index (κ1) is 31.4. The van der Waals surface area contributed by atoms with Gasteiger partial charge in [0.15, 0.2) is 0 Å². The third kappa shape index (κ3) is 9.76. The molecule has 0 radical (unpaired) electrons. The highest BCUT2D eigenvalue weighted by Crippen LogP contribution is 2.33. The molecule has 2 aromatic rings. The van der Waals surface area contributed by atoms with Crippen molar-refractivity contribution in [1.82, 2.24) is 15.2 Å². The highest BCUT2D eigenvalue weighted by Gasteiger charge is 2.37. The van der Waals surface area contributed by atoms with Crippen LogP contribution in [0.1, 0.15) is 52.0 Å². The van der Waals surface area contributed by atoms with Gasteiger partial charge in [-0.2, -0.15) is 0 Å². The summed E-state index contributed by atoms with van der Waals surface area (Å²) in [6.45, 7) is 8.02. The third-order valence-electron chi connectivity index (χ3n) is 6.59. The fraction of sp³-hybridized carbons (Fsp3) is 0.433. The molecule has 0 aromatic heterocycles. The first-order valence-electron chi connectivity index (χ1n) is 13.7. The molecule has 0 spiro atoms. The van der Waals surface area contributed by atoms with E-state index in [9.17, 15) is 14.4 Å². The highest BCUT2D eigenvalue weighted by atomic mass is 16.2. The maximum absolute atomic E-state index is 12.7. The first-order valence-corrected chi connectivity index (χ1v) is 13.7. The molecule has 7 N–H and O–H groups in total. The number of benzene rings is 2. The van der Waals surface area contributed by atoms with E-state index >= 15 is 0 Å². The summed E-state index contributed by atoms with van der Waals surface area (Å²) in [6.07, 6.45) is 4.96. The Morgan fingerprint density at radius 1 is 1.00 bits per heavy atom. The van der Waals surface area contributed by atoms with E-state index in [4.69, 9.17) is 17.3 Å². The average molecular weight is 537 g/mol. The minimum Gasteiger partial charge on any atom is -0.401 e. The van der Waals surface area contributed by atoms with E-state index in [0.717, 1.165) is 19.3 Å². The van der Waals surface area contributed by atoms with E-state index in [1.165, 1.54) is 26.6 Å². The highest BCUT2D eigenvalue weighted by molar-refractivity contribution is 5.92. The quantitative estimate of drug-likeness (QED) is 0.301. The summed E-state index contributed by atoms with van der Waals surface area (Å²) in [4.78, 5) is 37.1. The minimum atomic E-state index is -0.633. The molecule has 1 heterocycles. The van der Waals surface area contributed by atoms with Gasteiger partial charge in [-0.25, -0.2) is 5.84 Å². The molecular weight excluding hydrogens is 492 g/mol. The number of primary amides is 1. The van der Waals surface area contributed by atoms with Gasteiger partial charge in [-0.15, -0.1) is 0 Å². The van der Waals surface area contributed by atoms with Crippen molar-refractivity contribution in [3.8, 4) is 11.1 Å². The van der Waals surface area contributed by atoms with E-state index in [1.54, 1.807) is 13.1 Å². The number of hydrogen-bond donors (Lipinski definition) is 4. The smallest absolute Gasteiger partial charge is 0.247 e. The summed E-state index contributed by atoms with van der Waals surface area (Å²) in [5.41, 5.74) is 15.5. The molecule has 2 unspecified atom stereocenters. The monoisotopic (exact) mass is 536 g/mol. The number of carbonyl (C=O) groups is 3. The van der Waals surface area contributed by atoms with Gasteiger partial charge in [0, 0.05) is 24.4 Å². The third-order valence-corrected chi connectivity index (χ3v) is 6.59. The molecule has 2 aromatic carbocycles. The van der Waals surface area contributed by atoms with Crippen LogP contribution in [0.25, 0.3) is 11.1 Å². The summed E-state index contributed by atoms with van der Waals surface area (Å²) >= 11 is 0. The van der Waals surface area contributed by atoms with Crippen LogP contribution in [-0.4, -0.2) is 52.8 Å². The number of amides is 3. The van der Waals surface area contributed by atoms with Crippen LogP contribution in [0.4, 0.5) is 0 Å². The van der Waals surface area contributed by atoms with Gasteiger partial charge >= 0.3 is 0 Å². The largest absolute Gasteiger partial charge is 0.401 e. The second kappa shape index (κ2) is 15.5. The van der Waals surface area contributed by atoms with Gasteiger partial charge < -0.3 is 26.7 Å². The summed E-state index contributed by atoms with van der Waals surface area (Å²) < 4.78 is 0. The van der Waals surface area contributed by atoms with Crippen molar-refractivity contribution in [1.29, 1.82) is 0 Å². The van der Waals surface area contributed by atoms with Gasteiger partial charge in [-0.1, -0.05) is 74.0 Å². The van der Waals surface area contributed by atoms with Crippen LogP contribution < -0.4 is 22.6 Å². The number of carbonyl (C=O) groups excluding carboxylic acids is 3. The summed E-state index contributed by atoms with van der Waals surface area (Å²) in [6, 6.07) is 17.8. The Morgan fingerprint density at radius 2 is 1.59 bits per heavy atom. The second-order valence-electron chi connectivity index (χ2n) is 9.63. The molecule has 212 valence electrons. The van der Waals surface area contributed by atoms with E-state index < -0.39 is 18.0 Å². The molecule has 2 atom stereocenters. The van der Waals surface area contributed by atoms with Gasteiger partial charge in [0.25, 0.3) is 0 Å². The Kier molecular flexibility index (Phi) is 12.5. The second-order valence-corrected chi connectivity index (χ2v) is 9.63. The molecule has 2 fully saturated rings. The maximum Gasteiger partial charge on any atom is 0.247 e. The van der Waals surface area contributed by atoms with Crippen LogP contribution in [0, 0.1) is 12.8 Å². The summed E-state index contributed by atoms with van der Waals surface area (Å²) in [5.74, 6) is 5.06. The van der Waals surface area contributed by atoms with E-state index in [1.807, 2.05) is 19.9 Å². The van der Waals surface area contributed by atoms with Crippen molar-refractivity contribution in [3.63, 3.8) is 0 Å².